The zero-order valence-electron chi connectivity index (χ0n) is 26.3. The molecule has 9 aliphatic rings. The number of ether oxygens (including phenoxy) is 2. The molecule has 0 radical (unpaired) electrons. The van der Waals surface area contributed by atoms with Gasteiger partial charge in [0.25, 0.3) is 0 Å². The van der Waals surface area contributed by atoms with Crippen LogP contribution in [0.5, 0.6) is 0 Å². The lowest BCUT2D eigenvalue weighted by molar-refractivity contribution is 0.0615. The van der Waals surface area contributed by atoms with Crippen molar-refractivity contribution in [3.05, 3.63) is 118 Å². The highest BCUT2D eigenvalue weighted by Crippen LogP contribution is 2.50. The van der Waals surface area contributed by atoms with Crippen molar-refractivity contribution < 1.29 is 9.47 Å². The third-order valence-electron chi connectivity index (χ3n) is 12.0. The van der Waals surface area contributed by atoms with E-state index in [2.05, 4.69) is 90.0 Å². The van der Waals surface area contributed by atoms with Gasteiger partial charge >= 0.3 is 0 Å². The number of fused-ring (bicyclic) bond motifs is 6. The first-order valence-electron chi connectivity index (χ1n) is 17.7. The molecule has 0 spiro atoms. The fourth-order valence-corrected chi connectivity index (χ4v) is 9.85. The molecule has 1 saturated carbocycles. The van der Waals surface area contributed by atoms with E-state index >= 15 is 0 Å². The molecule has 6 aliphatic carbocycles. The second-order valence-corrected chi connectivity index (χ2v) is 14.5. The lowest BCUT2D eigenvalue weighted by Gasteiger charge is -2.34. The third kappa shape index (κ3) is 4.32. The summed E-state index contributed by atoms with van der Waals surface area (Å²) in [5.74, 6) is 4.66. The van der Waals surface area contributed by atoms with Gasteiger partial charge in [-0.05, 0) is 97.4 Å². The Balaban J connectivity index is 1.03. The van der Waals surface area contributed by atoms with E-state index < -0.39 is 0 Å². The topological polar surface area (TPSA) is 55.2 Å². The number of aliphatic imine (C=N–C) groups is 2. The monoisotopic (exact) mass is 607 g/mol. The zero-order chi connectivity index (χ0) is 30.2. The van der Waals surface area contributed by atoms with Gasteiger partial charge in [0.1, 0.15) is 17.8 Å². The Hall–Kier alpha value is -3.92. The van der Waals surface area contributed by atoms with Crippen LogP contribution in [0.4, 0.5) is 0 Å². The Bertz CT molecular complexity index is 1810. The van der Waals surface area contributed by atoms with Gasteiger partial charge in [-0.1, -0.05) is 66.7 Å². The van der Waals surface area contributed by atoms with Gasteiger partial charge in [-0.2, -0.15) is 0 Å². The highest BCUT2D eigenvalue weighted by Gasteiger charge is 2.50. The fraction of sp³-hybridized carbons (Fsp3) is 0.439. The minimum atomic E-state index is -0.302. The van der Waals surface area contributed by atoms with E-state index in [1.807, 2.05) is 0 Å². The number of benzene rings is 1. The number of hydrogen-bond donors (Lipinski definition) is 1. The maximum absolute atomic E-state index is 6.59. The van der Waals surface area contributed by atoms with Crippen molar-refractivity contribution in [1.29, 1.82) is 0 Å². The standard InChI is InChI=1S/C41H41N3O2/c1-2-10-25-23-26(22-21-24(25)9-1)39-42-40(44-41(43-39)32-16-8-20-36-38(32)31-15-7-18-34(31)46-36)29-14-5-12-27(29)28-13-6-19-35-37(28)30-11-3-4-17-33(30)45-35/h2,6,8,10,12-14,16,19-23,27,29,31,34-39H,1,3-4,7,9,11,15,17-18H2,(H,42,43,44). The van der Waals surface area contributed by atoms with Gasteiger partial charge in [0, 0.05) is 29.7 Å². The Morgan fingerprint density at radius 3 is 2.80 bits per heavy atom. The summed E-state index contributed by atoms with van der Waals surface area (Å²) in [4.78, 5) is 10.8. The van der Waals surface area contributed by atoms with Gasteiger partial charge in [-0.15, -0.1) is 5.73 Å². The Morgan fingerprint density at radius 1 is 0.891 bits per heavy atom. The summed E-state index contributed by atoms with van der Waals surface area (Å²) in [6.45, 7) is 0. The normalized spacial score (nSPS) is 37.8. The van der Waals surface area contributed by atoms with Gasteiger partial charge in [-0.25, -0.2) is 9.98 Å². The number of nitrogens with one attached hydrogen (secondary N) is 1. The first-order valence-corrected chi connectivity index (χ1v) is 17.7. The van der Waals surface area contributed by atoms with E-state index in [0.717, 1.165) is 42.9 Å². The lowest BCUT2D eigenvalue weighted by Crippen LogP contribution is -2.44. The molecule has 46 heavy (non-hydrogen) atoms. The third-order valence-corrected chi connectivity index (χ3v) is 12.0. The van der Waals surface area contributed by atoms with Crippen LogP contribution in [-0.2, 0) is 15.9 Å². The number of amidine groups is 2. The summed E-state index contributed by atoms with van der Waals surface area (Å²) in [5, 5.41) is 3.85. The van der Waals surface area contributed by atoms with Crippen LogP contribution in [0, 0.1) is 29.6 Å². The summed E-state index contributed by atoms with van der Waals surface area (Å²) in [6.07, 6.45) is 33.5. The van der Waals surface area contributed by atoms with Gasteiger partial charge in [0.2, 0.25) is 0 Å². The summed E-state index contributed by atoms with van der Waals surface area (Å²) < 4.78 is 13.1. The molecular weight excluding hydrogens is 566 g/mol. The maximum Gasteiger partial charge on any atom is 0.169 e. The first kappa shape index (κ1) is 27.2. The predicted octanol–water partition coefficient (Wildman–Crippen LogP) is 8.02. The second-order valence-electron chi connectivity index (χ2n) is 14.5. The Kier molecular flexibility index (Phi) is 6.40. The molecule has 232 valence electrons. The summed E-state index contributed by atoms with van der Waals surface area (Å²) in [5.41, 5.74) is 11.7. The summed E-state index contributed by atoms with van der Waals surface area (Å²) in [6, 6.07) is 6.87. The fourth-order valence-electron chi connectivity index (χ4n) is 9.85. The van der Waals surface area contributed by atoms with E-state index in [4.69, 9.17) is 19.5 Å². The second kappa shape index (κ2) is 10.8. The molecule has 1 aromatic carbocycles. The molecule has 5 heteroatoms. The van der Waals surface area contributed by atoms with E-state index in [0.29, 0.717) is 23.9 Å². The van der Waals surface area contributed by atoms with Crippen molar-refractivity contribution >= 4 is 17.7 Å². The molecule has 1 aromatic rings. The van der Waals surface area contributed by atoms with Crippen molar-refractivity contribution in [3.63, 3.8) is 0 Å². The largest absolute Gasteiger partial charge is 0.490 e. The predicted molar refractivity (Wildman–Crippen MR) is 182 cm³/mol. The molecule has 10 rings (SSSR count). The maximum atomic E-state index is 6.59. The molecule has 9 unspecified atom stereocenters. The molecule has 0 amide bonds. The quantitative estimate of drug-likeness (QED) is 0.353. The van der Waals surface area contributed by atoms with Crippen LogP contribution in [0.2, 0.25) is 0 Å². The number of allylic oxidation sites excluding steroid dienone is 6. The van der Waals surface area contributed by atoms with Crippen molar-refractivity contribution in [2.75, 3.05) is 0 Å². The van der Waals surface area contributed by atoms with Gasteiger partial charge in [-0.3, -0.25) is 0 Å². The highest BCUT2D eigenvalue weighted by atomic mass is 16.5. The Morgan fingerprint density at radius 2 is 1.80 bits per heavy atom. The Labute approximate surface area is 271 Å². The number of nitrogens with zero attached hydrogens (tertiary/aromatic N) is 2. The average molecular weight is 608 g/mol. The van der Waals surface area contributed by atoms with Crippen LogP contribution < -0.4 is 5.32 Å². The van der Waals surface area contributed by atoms with E-state index in [9.17, 15) is 0 Å². The molecule has 2 fully saturated rings. The van der Waals surface area contributed by atoms with E-state index in [1.165, 1.54) is 65.7 Å². The average Bonchev–Trinajstić information content (AvgIpc) is 3.90. The summed E-state index contributed by atoms with van der Waals surface area (Å²) in [7, 11) is 0. The van der Waals surface area contributed by atoms with Crippen LogP contribution in [0.15, 0.2) is 111 Å². The van der Waals surface area contributed by atoms with Crippen molar-refractivity contribution in [1.82, 2.24) is 5.32 Å². The molecule has 3 heterocycles. The number of aryl methyl sites for hydroxylation is 1. The van der Waals surface area contributed by atoms with Crippen molar-refractivity contribution in [2.45, 2.75) is 82.3 Å². The molecule has 9 atom stereocenters. The molecule has 0 aromatic heterocycles. The molecular formula is C41H41N3O2. The molecule has 5 nitrogen and oxygen atoms in total. The molecule has 1 saturated heterocycles. The highest BCUT2D eigenvalue weighted by molar-refractivity contribution is 6.12. The van der Waals surface area contributed by atoms with Gasteiger partial charge < -0.3 is 14.8 Å². The van der Waals surface area contributed by atoms with Crippen molar-refractivity contribution in [2.24, 2.45) is 39.6 Å². The van der Waals surface area contributed by atoms with Crippen LogP contribution in [0.25, 0.3) is 6.08 Å². The van der Waals surface area contributed by atoms with E-state index in [-0.39, 0.29) is 30.2 Å². The first-order chi connectivity index (χ1) is 22.8. The lowest BCUT2D eigenvalue weighted by atomic mass is 9.72. The van der Waals surface area contributed by atoms with Crippen LogP contribution in [0.1, 0.15) is 74.2 Å². The van der Waals surface area contributed by atoms with Crippen molar-refractivity contribution in [3.8, 4) is 0 Å². The molecule has 0 bridgehead atoms. The molecule has 3 aliphatic heterocycles. The van der Waals surface area contributed by atoms with Crippen LogP contribution in [0.3, 0.4) is 0 Å². The van der Waals surface area contributed by atoms with Crippen LogP contribution >= 0.6 is 0 Å². The number of rotatable bonds is 4. The van der Waals surface area contributed by atoms with Gasteiger partial charge in [0.05, 0.1) is 23.9 Å². The van der Waals surface area contributed by atoms with Gasteiger partial charge in [0.15, 0.2) is 6.17 Å². The SMILES string of the molecule is C1=CC(C2=CC=CC3OC4=C(CCCC4)C23)C(C2=NC(c3ccc4c(c3)C=CCC4)N=C(C3=CC=CC4OC5CCCC5C34)N2)C=1. The summed E-state index contributed by atoms with van der Waals surface area (Å²) >= 11 is 0. The number of hydrogen-bond acceptors (Lipinski definition) is 5. The minimum absolute atomic E-state index is 0.0618. The zero-order valence-corrected chi connectivity index (χ0v) is 26.3. The van der Waals surface area contributed by atoms with Crippen LogP contribution in [-0.4, -0.2) is 30.0 Å². The smallest absolute Gasteiger partial charge is 0.169 e. The molecule has 1 N–H and O–H groups in total. The minimum Gasteiger partial charge on any atom is -0.490 e. The van der Waals surface area contributed by atoms with E-state index in [1.54, 1.807) is 0 Å².